The Balaban J connectivity index is 1.70. The van der Waals surface area contributed by atoms with Crippen molar-refractivity contribution in [2.24, 2.45) is 11.8 Å². The van der Waals surface area contributed by atoms with Crippen molar-refractivity contribution in [3.8, 4) is 0 Å². The Morgan fingerprint density at radius 2 is 1.88 bits per heavy atom. The fourth-order valence-corrected chi connectivity index (χ4v) is 3.87. The van der Waals surface area contributed by atoms with Crippen LogP contribution in [0.5, 0.6) is 0 Å². The Morgan fingerprint density at radius 3 is 2.54 bits per heavy atom. The highest BCUT2D eigenvalue weighted by Gasteiger charge is 2.47. The number of benzene rings is 1. The number of hydrogen-bond donors (Lipinski definition) is 3. The molecule has 2 amide bonds. The Labute approximate surface area is 142 Å². The first-order valence-electron chi connectivity index (χ1n) is 8.86. The van der Waals surface area contributed by atoms with Crippen molar-refractivity contribution in [2.45, 2.75) is 57.6 Å². The summed E-state index contributed by atoms with van der Waals surface area (Å²) >= 11 is 0. The van der Waals surface area contributed by atoms with Gasteiger partial charge in [0.1, 0.15) is 5.92 Å². The minimum atomic E-state index is -1.03. The van der Waals surface area contributed by atoms with Gasteiger partial charge in [-0.25, -0.2) is 0 Å². The van der Waals surface area contributed by atoms with Gasteiger partial charge < -0.3 is 15.7 Å². The van der Waals surface area contributed by atoms with E-state index >= 15 is 0 Å². The van der Waals surface area contributed by atoms with Crippen LogP contribution in [0.1, 0.15) is 51.0 Å². The minimum Gasteiger partial charge on any atom is -0.391 e. The van der Waals surface area contributed by atoms with Crippen molar-refractivity contribution in [2.75, 3.05) is 5.32 Å². The summed E-state index contributed by atoms with van der Waals surface area (Å²) in [5.41, 5.74) is 1.84. The second-order valence-electron chi connectivity index (χ2n) is 7.30. The highest BCUT2D eigenvalue weighted by atomic mass is 16.3. The average Bonchev–Trinajstić information content (AvgIpc) is 2.55. The van der Waals surface area contributed by atoms with E-state index in [0.717, 1.165) is 25.7 Å². The number of carbonyl (C=O) groups excluding carboxylic acids is 2. The molecule has 1 aromatic rings. The lowest BCUT2D eigenvalue weighted by Gasteiger charge is -2.42. The molecule has 4 atom stereocenters. The second kappa shape index (κ2) is 6.93. The number of carbonyl (C=O) groups is 2. The number of fused-ring (bicyclic) bond motifs is 1. The molecule has 3 rings (SSSR count). The van der Waals surface area contributed by atoms with Crippen molar-refractivity contribution in [3.63, 3.8) is 0 Å². The van der Waals surface area contributed by atoms with Gasteiger partial charge in [-0.3, -0.25) is 9.59 Å². The Bertz CT molecular complexity index is 612. The van der Waals surface area contributed by atoms with Crippen LogP contribution in [-0.2, 0) is 9.59 Å². The number of aliphatic hydroxyl groups excluding tert-OH is 1. The smallest absolute Gasteiger partial charge is 0.239 e. The maximum atomic E-state index is 12.5. The van der Waals surface area contributed by atoms with Crippen LogP contribution in [0.15, 0.2) is 24.3 Å². The number of anilines is 1. The van der Waals surface area contributed by atoms with E-state index < -0.39 is 17.9 Å². The molecule has 130 valence electrons. The fourth-order valence-electron chi connectivity index (χ4n) is 3.87. The van der Waals surface area contributed by atoms with Crippen molar-refractivity contribution in [1.82, 2.24) is 5.32 Å². The number of nitrogens with one attached hydrogen (secondary N) is 2. The van der Waals surface area contributed by atoms with E-state index in [1.165, 1.54) is 5.56 Å². The summed E-state index contributed by atoms with van der Waals surface area (Å²) in [6.07, 6.45) is 2.95. The van der Waals surface area contributed by atoms with E-state index in [9.17, 15) is 14.7 Å². The minimum absolute atomic E-state index is 0.00984. The molecule has 0 spiro atoms. The molecular formula is C19H26N2O3. The summed E-state index contributed by atoms with van der Waals surface area (Å²) in [7, 11) is 0. The molecule has 1 saturated carbocycles. The molecule has 1 aromatic carbocycles. The molecule has 24 heavy (non-hydrogen) atoms. The number of piperidine rings is 1. The summed E-state index contributed by atoms with van der Waals surface area (Å²) < 4.78 is 0. The second-order valence-corrected chi connectivity index (χ2v) is 7.30. The van der Waals surface area contributed by atoms with Gasteiger partial charge in [0.2, 0.25) is 11.8 Å². The van der Waals surface area contributed by atoms with Gasteiger partial charge in [0.25, 0.3) is 0 Å². The molecule has 4 unspecified atom stereocenters. The molecular weight excluding hydrogens is 304 g/mol. The summed E-state index contributed by atoms with van der Waals surface area (Å²) in [4.78, 5) is 24.9. The first kappa shape index (κ1) is 17.0. The molecule has 2 fully saturated rings. The van der Waals surface area contributed by atoms with Crippen LogP contribution in [0.2, 0.25) is 0 Å². The number of aliphatic hydroxyl groups is 1. The predicted octanol–water partition coefficient (Wildman–Crippen LogP) is 2.41. The monoisotopic (exact) mass is 330 g/mol. The van der Waals surface area contributed by atoms with E-state index in [4.69, 9.17) is 0 Å². The quantitative estimate of drug-likeness (QED) is 0.745. The van der Waals surface area contributed by atoms with Gasteiger partial charge >= 0.3 is 0 Å². The topological polar surface area (TPSA) is 78.4 Å². The van der Waals surface area contributed by atoms with Gasteiger partial charge in [-0.15, -0.1) is 0 Å². The van der Waals surface area contributed by atoms with Crippen LogP contribution in [0.25, 0.3) is 0 Å². The molecule has 1 heterocycles. The lowest BCUT2D eigenvalue weighted by molar-refractivity contribution is -0.146. The number of hydrogen-bond acceptors (Lipinski definition) is 3. The summed E-state index contributed by atoms with van der Waals surface area (Å²) in [5, 5.41) is 16.3. The summed E-state index contributed by atoms with van der Waals surface area (Å²) in [5.74, 6) is -1.42. The predicted molar refractivity (Wildman–Crippen MR) is 92.5 cm³/mol. The molecule has 2 aliphatic rings. The van der Waals surface area contributed by atoms with Gasteiger partial charge in [-0.05, 0) is 36.5 Å². The first-order valence-corrected chi connectivity index (χ1v) is 8.86. The molecule has 3 N–H and O–H groups in total. The molecule has 0 aromatic heterocycles. The summed E-state index contributed by atoms with van der Waals surface area (Å²) in [6, 6.07) is 7.62. The zero-order valence-corrected chi connectivity index (χ0v) is 14.3. The average molecular weight is 330 g/mol. The molecule has 1 saturated heterocycles. The zero-order valence-electron chi connectivity index (χ0n) is 14.3. The Kier molecular flexibility index (Phi) is 4.90. The molecule has 1 aliphatic carbocycles. The highest BCUT2D eigenvalue weighted by Crippen LogP contribution is 2.34. The first-order chi connectivity index (χ1) is 11.5. The van der Waals surface area contributed by atoms with Gasteiger partial charge in [-0.2, -0.15) is 0 Å². The third kappa shape index (κ3) is 3.31. The number of amides is 2. The van der Waals surface area contributed by atoms with Crippen LogP contribution in [0, 0.1) is 11.8 Å². The SMILES string of the molecule is CC(C)c1ccc(NC(=O)C2C(=O)NC3CCCCC3C2O)cc1. The third-order valence-electron chi connectivity index (χ3n) is 5.34. The number of rotatable bonds is 3. The van der Waals surface area contributed by atoms with E-state index in [2.05, 4.69) is 24.5 Å². The Morgan fingerprint density at radius 1 is 1.21 bits per heavy atom. The summed E-state index contributed by atoms with van der Waals surface area (Å²) in [6.45, 7) is 4.22. The largest absolute Gasteiger partial charge is 0.391 e. The molecule has 0 radical (unpaired) electrons. The van der Waals surface area contributed by atoms with Crippen LogP contribution in [0.4, 0.5) is 5.69 Å². The third-order valence-corrected chi connectivity index (χ3v) is 5.34. The van der Waals surface area contributed by atoms with E-state index in [1.54, 1.807) is 0 Å². The van der Waals surface area contributed by atoms with Crippen molar-refractivity contribution in [3.05, 3.63) is 29.8 Å². The molecule has 0 bridgehead atoms. The van der Waals surface area contributed by atoms with Crippen molar-refractivity contribution >= 4 is 17.5 Å². The molecule has 1 aliphatic heterocycles. The maximum Gasteiger partial charge on any atom is 0.239 e. The fraction of sp³-hybridized carbons (Fsp3) is 0.579. The Hall–Kier alpha value is -1.88. The molecule has 5 heteroatoms. The lowest BCUT2D eigenvalue weighted by Crippen LogP contribution is -2.60. The standard InChI is InChI=1S/C19H26N2O3/c1-11(2)12-7-9-13(10-8-12)20-18(23)16-17(22)14-5-3-4-6-15(14)21-19(16)24/h7-11,14-17,22H,3-6H2,1-2H3,(H,20,23)(H,21,24). The van der Waals surface area contributed by atoms with Gasteiger partial charge in [-0.1, -0.05) is 38.8 Å². The maximum absolute atomic E-state index is 12.5. The highest BCUT2D eigenvalue weighted by molar-refractivity contribution is 6.07. The van der Waals surface area contributed by atoms with Crippen LogP contribution >= 0.6 is 0 Å². The van der Waals surface area contributed by atoms with Crippen LogP contribution in [-0.4, -0.2) is 29.1 Å². The lowest BCUT2D eigenvalue weighted by atomic mass is 9.73. The van der Waals surface area contributed by atoms with Crippen molar-refractivity contribution < 1.29 is 14.7 Å². The normalized spacial score (nSPS) is 29.8. The van der Waals surface area contributed by atoms with Gasteiger partial charge in [0.15, 0.2) is 0 Å². The molecule has 5 nitrogen and oxygen atoms in total. The van der Waals surface area contributed by atoms with Crippen molar-refractivity contribution in [1.29, 1.82) is 0 Å². The van der Waals surface area contributed by atoms with Gasteiger partial charge in [0, 0.05) is 17.6 Å². The van der Waals surface area contributed by atoms with Crippen LogP contribution in [0.3, 0.4) is 0 Å². The van der Waals surface area contributed by atoms with Crippen LogP contribution < -0.4 is 10.6 Å². The van der Waals surface area contributed by atoms with E-state index in [-0.39, 0.29) is 17.9 Å². The van der Waals surface area contributed by atoms with Gasteiger partial charge in [0.05, 0.1) is 6.10 Å². The van der Waals surface area contributed by atoms with E-state index in [0.29, 0.717) is 11.6 Å². The van der Waals surface area contributed by atoms with E-state index in [1.807, 2.05) is 24.3 Å². The zero-order chi connectivity index (χ0) is 17.3.